The molecule has 0 aliphatic heterocycles. The maximum Gasteiger partial charge on any atom is 0.253 e. The summed E-state index contributed by atoms with van der Waals surface area (Å²) in [7, 11) is 0. The van der Waals surface area contributed by atoms with Crippen molar-refractivity contribution in [3.8, 4) is 0 Å². The van der Waals surface area contributed by atoms with Gasteiger partial charge in [-0.3, -0.25) is 4.79 Å². The Morgan fingerprint density at radius 1 is 1.20 bits per heavy atom. The number of nitrogens with two attached hydrogens (primary N) is 1. The van der Waals surface area contributed by atoms with Crippen LogP contribution in [0.5, 0.6) is 0 Å². The van der Waals surface area contributed by atoms with Crippen molar-refractivity contribution < 1.29 is 4.79 Å². The summed E-state index contributed by atoms with van der Waals surface area (Å²) in [5.41, 5.74) is 8.86. The van der Waals surface area contributed by atoms with Gasteiger partial charge in [0.1, 0.15) is 0 Å². The highest BCUT2D eigenvalue weighted by molar-refractivity contribution is 6.33. The van der Waals surface area contributed by atoms with E-state index in [1.807, 2.05) is 44.2 Å². The van der Waals surface area contributed by atoms with E-state index in [1.165, 1.54) is 0 Å². The molecule has 0 bridgehead atoms. The van der Waals surface area contributed by atoms with Crippen LogP contribution in [0.25, 0.3) is 0 Å². The van der Waals surface area contributed by atoms with E-state index < -0.39 is 0 Å². The van der Waals surface area contributed by atoms with Gasteiger partial charge in [0.05, 0.1) is 16.6 Å². The van der Waals surface area contributed by atoms with Crippen LogP contribution in [-0.2, 0) is 0 Å². The zero-order valence-electron chi connectivity index (χ0n) is 11.5. The molecule has 0 radical (unpaired) electrons. The predicted molar refractivity (Wildman–Crippen MR) is 82.9 cm³/mol. The molecule has 1 atom stereocenters. The Morgan fingerprint density at radius 2 is 1.85 bits per heavy atom. The summed E-state index contributed by atoms with van der Waals surface area (Å²) in [4.78, 5) is 12.2. The van der Waals surface area contributed by atoms with E-state index in [1.54, 1.807) is 12.1 Å². The van der Waals surface area contributed by atoms with Crippen molar-refractivity contribution >= 4 is 23.2 Å². The third-order valence-electron chi connectivity index (χ3n) is 3.15. The van der Waals surface area contributed by atoms with Crippen LogP contribution < -0.4 is 11.1 Å². The molecule has 0 aromatic heterocycles. The number of benzene rings is 2. The number of carbonyl (C=O) groups is 1. The van der Waals surface area contributed by atoms with Gasteiger partial charge in [-0.1, -0.05) is 29.8 Å². The van der Waals surface area contributed by atoms with Crippen molar-refractivity contribution in [1.29, 1.82) is 0 Å². The number of nitrogens with one attached hydrogen (secondary N) is 1. The van der Waals surface area contributed by atoms with E-state index in [4.69, 9.17) is 17.3 Å². The Bertz CT molecular complexity index is 623. The fraction of sp³-hybridized carbons (Fsp3) is 0.188. The first-order chi connectivity index (χ1) is 9.47. The minimum absolute atomic E-state index is 0.111. The highest BCUT2D eigenvalue weighted by Gasteiger charge is 2.14. The van der Waals surface area contributed by atoms with E-state index in [0.717, 1.165) is 11.1 Å². The lowest BCUT2D eigenvalue weighted by atomic mass is 10.1. The van der Waals surface area contributed by atoms with Gasteiger partial charge in [0.25, 0.3) is 5.91 Å². The molecule has 20 heavy (non-hydrogen) atoms. The Labute approximate surface area is 123 Å². The van der Waals surface area contributed by atoms with Gasteiger partial charge in [0.2, 0.25) is 0 Å². The number of halogens is 1. The summed E-state index contributed by atoms with van der Waals surface area (Å²) in [5.74, 6) is -0.181. The van der Waals surface area contributed by atoms with Crippen molar-refractivity contribution in [1.82, 2.24) is 5.32 Å². The molecule has 3 N–H and O–H groups in total. The Balaban J connectivity index is 2.13. The number of carbonyl (C=O) groups excluding carboxylic acids is 1. The van der Waals surface area contributed by atoms with Gasteiger partial charge in [0, 0.05) is 5.69 Å². The van der Waals surface area contributed by atoms with E-state index in [9.17, 15) is 4.79 Å². The highest BCUT2D eigenvalue weighted by atomic mass is 35.5. The number of aryl methyl sites for hydroxylation is 1. The molecular formula is C16H17ClN2O. The summed E-state index contributed by atoms with van der Waals surface area (Å²) < 4.78 is 0. The Hall–Kier alpha value is -2.00. The van der Waals surface area contributed by atoms with Crippen molar-refractivity contribution in [2.45, 2.75) is 19.9 Å². The van der Waals surface area contributed by atoms with Gasteiger partial charge in [-0.15, -0.1) is 0 Å². The molecule has 2 rings (SSSR count). The van der Waals surface area contributed by atoms with Gasteiger partial charge < -0.3 is 11.1 Å². The topological polar surface area (TPSA) is 55.1 Å². The molecule has 104 valence electrons. The average Bonchev–Trinajstić information content (AvgIpc) is 2.39. The average molecular weight is 289 g/mol. The lowest BCUT2D eigenvalue weighted by Crippen LogP contribution is -2.26. The lowest BCUT2D eigenvalue weighted by molar-refractivity contribution is 0.0940. The zero-order chi connectivity index (χ0) is 14.7. The summed E-state index contributed by atoms with van der Waals surface area (Å²) >= 11 is 6.10. The van der Waals surface area contributed by atoms with Crippen LogP contribution in [0.2, 0.25) is 5.02 Å². The van der Waals surface area contributed by atoms with Gasteiger partial charge in [-0.25, -0.2) is 0 Å². The lowest BCUT2D eigenvalue weighted by Gasteiger charge is -2.15. The molecule has 0 saturated heterocycles. The number of nitrogen functional groups attached to an aromatic ring is 1. The molecule has 0 heterocycles. The second-order valence-corrected chi connectivity index (χ2v) is 5.25. The molecule has 1 unspecified atom stereocenters. The number of hydrogen-bond donors (Lipinski definition) is 2. The molecule has 1 amide bonds. The second kappa shape index (κ2) is 5.97. The first-order valence-electron chi connectivity index (χ1n) is 6.40. The standard InChI is InChI=1S/C16H17ClN2O/c1-10-3-8-14(15(17)9-10)16(20)19-11(2)12-4-6-13(18)7-5-12/h3-9,11H,18H2,1-2H3,(H,19,20). The van der Waals surface area contributed by atoms with Crippen molar-refractivity contribution in [3.63, 3.8) is 0 Å². The molecular weight excluding hydrogens is 272 g/mol. The summed E-state index contributed by atoms with van der Waals surface area (Å²) in [5, 5.41) is 3.39. The summed E-state index contributed by atoms with van der Waals surface area (Å²) in [6, 6.07) is 12.7. The van der Waals surface area contributed by atoms with E-state index in [-0.39, 0.29) is 11.9 Å². The third kappa shape index (κ3) is 3.31. The Kier molecular flexibility index (Phi) is 4.30. The predicted octanol–water partition coefficient (Wildman–Crippen LogP) is 3.72. The molecule has 3 nitrogen and oxygen atoms in total. The molecule has 0 aliphatic rings. The van der Waals surface area contributed by atoms with E-state index in [0.29, 0.717) is 16.3 Å². The minimum atomic E-state index is -0.181. The monoisotopic (exact) mass is 288 g/mol. The third-order valence-corrected chi connectivity index (χ3v) is 3.47. The first-order valence-corrected chi connectivity index (χ1v) is 6.77. The minimum Gasteiger partial charge on any atom is -0.399 e. The van der Waals surface area contributed by atoms with E-state index >= 15 is 0 Å². The molecule has 0 aliphatic carbocycles. The quantitative estimate of drug-likeness (QED) is 0.846. The summed E-state index contributed by atoms with van der Waals surface area (Å²) in [6.45, 7) is 3.86. The zero-order valence-corrected chi connectivity index (χ0v) is 12.2. The van der Waals surface area contributed by atoms with E-state index in [2.05, 4.69) is 5.32 Å². The molecule has 2 aromatic carbocycles. The van der Waals surface area contributed by atoms with Crippen LogP contribution in [0, 0.1) is 6.92 Å². The maximum atomic E-state index is 12.2. The van der Waals surface area contributed by atoms with Crippen molar-refractivity contribution in [3.05, 3.63) is 64.2 Å². The largest absolute Gasteiger partial charge is 0.399 e. The van der Waals surface area contributed by atoms with Crippen molar-refractivity contribution in [2.75, 3.05) is 5.73 Å². The van der Waals surface area contributed by atoms with Crippen LogP contribution in [0.4, 0.5) is 5.69 Å². The van der Waals surface area contributed by atoms with Gasteiger partial charge in [-0.2, -0.15) is 0 Å². The number of amides is 1. The van der Waals surface area contributed by atoms with Crippen LogP contribution in [0.15, 0.2) is 42.5 Å². The van der Waals surface area contributed by atoms with Crippen LogP contribution in [-0.4, -0.2) is 5.91 Å². The number of anilines is 1. The molecule has 0 spiro atoms. The normalized spacial score (nSPS) is 11.9. The highest BCUT2D eigenvalue weighted by Crippen LogP contribution is 2.20. The fourth-order valence-corrected chi connectivity index (χ4v) is 2.27. The van der Waals surface area contributed by atoms with Gasteiger partial charge >= 0.3 is 0 Å². The first kappa shape index (κ1) is 14.4. The molecule has 0 fully saturated rings. The van der Waals surface area contributed by atoms with Crippen LogP contribution >= 0.6 is 11.6 Å². The smallest absolute Gasteiger partial charge is 0.253 e. The van der Waals surface area contributed by atoms with Gasteiger partial charge in [0.15, 0.2) is 0 Å². The summed E-state index contributed by atoms with van der Waals surface area (Å²) in [6.07, 6.45) is 0. The van der Waals surface area contributed by atoms with Crippen LogP contribution in [0.3, 0.4) is 0 Å². The molecule has 0 saturated carbocycles. The number of rotatable bonds is 3. The van der Waals surface area contributed by atoms with Crippen LogP contribution in [0.1, 0.15) is 34.5 Å². The molecule has 2 aromatic rings. The molecule has 4 heteroatoms. The van der Waals surface area contributed by atoms with Crippen molar-refractivity contribution in [2.24, 2.45) is 0 Å². The van der Waals surface area contributed by atoms with Gasteiger partial charge in [-0.05, 0) is 49.2 Å². The number of hydrogen-bond acceptors (Lipinski definition) is 2. The fourth-order valence-electron chi connectivity index (χ4n) is 1.95. The SMILES string of the molecule is Cc1ccc(C(=O)NC(C)c2ccc(N)cc2)c(Cl)c1. The maximum absolute atomic E-state index is 12.2. The Morgan fingerprint density at radius 3 is 2.45 bits per heavy atom. The second-order valence-electron chi connectivity index (χ2n) is 4.85.